The van der Waals surface area contributed by atoms with Gasteiger partial charge >= 0.3 is 0 Å². The van der Waals surface area contributed by atoms with Crippen LogP contribution in [0.25, 0.3) is 0 Å². The van der Waals surface area contributed by atoms with E-state index in [9.17, 15) is 10.2 Å². The van der Waals surface area contributed by atoms with Gasteiger partial charge in [0.25, 0.3) is 0 Å². The van der Waals surface area contributed by atoms with Crippen molar-refractivity contribution in [2.24, 2.45) is 11.8 Å². The van der Waals surface area contributed by atoms with Gasteiger partial charge in [-0.3, -0.25) is 0 Å². The summed E-state index contributed by atoms with van der Waals surface area (Å²) < 4.78 is 5.90. The minimum atomic E-state index is -0.675. The van der Waals surface area contributed by atoms with Crippen molar-refractivity contribution in [2.75, 3.05) is 0 Å². The van der Waals surface area contributed by atoms with Crippen molar-refractivity contribution < 1.29 is 14.9 Å². The largest absolute Gasteiger partial charge is 0.393 e. The summed E-state index contributed by atoms with van der Waals surface area (Å²) in [7, 11) is 0. The molecule has 1 aromatic rings. The van der Waals surface area contributed by atoms with Crippen molar-refractivity contribution in [3.05, 3.63) is 48.0 Å². The highest BCUT2D eigenvalue weighted by atomic mass is 16.6. The number of fused-ring (bicyclic) bond motifs is 1. The first-order valence-corrected chi connectivity index (χ1v) is 10.4. The van der Waals surface area contributed by atoms with Crippen molar-refractivity contribution in [3.63, 3.8) is 0 Å². The van der Waals surface area contributed by atoms with Gasteiger partial charge in [-0.1, -0.05) is 55.3 Å². The minimum Gasteiger partial charge on any atom is -0.393 e. The Hall–Kier alpha value is -1.16. The number of hydrogen-bond acceptors (Lipinski definition) is 3. The van der Waals surface area contributed by atoms with Crippen molar-refractivity contribution in [1.82, 2.24) is 0 Å². The van der Waals surface area contributed by atoms with Crippen LogP contribution in [-0.4, -0.2) is 28.7 Å². The highest BCUT2D eigenvalue weighted by Gasteiger charge is 2.42. The lowest BCUT2D eigenvalue weighted by molar-refractivity contribution is -0.151. The lowest BCUT2D eigenvalue weighted by atomic mass is 9.86. The van der Waals surface area contributed by atoms with Gasteiger partial charge in [-0.2, -0.15) is 0 Å². The highest BCUT2D eigenvalue weighted by molar-refractivity contribution is 5.14. The first-order chi connectivity index (χ1) is 12.7. The summed E-state index contributed by atoms with van der Waals surface area (Å²) in [5.41, 5.74) is 1.41. The third-order valence-electron chi connectivity index (χ3n) is 6.07. The van der Waals surface area contributed by atoms with Gasteiger partial charge in [0.05, 0.1) is 12.2 Å². The van der Waals surface area contributed by atoms with Crippen LogP contribution in [0.1, 0.15) is 63.4 Å². The van der Waals surface area contributed by atoms with Gasteiger partial charge in [0.2, 0.25) is 0 Å². The standard InChI is InChI=1S/C23H34O3/c24-21-17-22-20(15-8-1-2-10-16-23(25)26-22)19(21)14-9-4-7-13-18-11-5-3-6-12-18/h1,3,5-6,8,11-12,19-25H,2,4,7,9-10,13-17H2/b8-1-/t19-,20-,21-,22+,23?/m1/s1. The number of aryl methyl sites for hydroxylation is 1. The van der Waals surface area contributed by atoms with E-state index in [-0.39, 0.29) is 12.2 Å². The predicted octanol–water partition coefficient (Wildman–Crippen LogP) is 4.62. The third-order valence-corrected chi connectivity index (χ3v) is 6.07. The summed E-state index contributed by atoms with van der Waals surface area (Å²) in [5.74, 6) is 0.635. The predicted molar refractivity (Wildman–Crippen MR) is 105 cm³/mol. The molecule has 1 saturated carbocycles. The van der Waals surface area contributed by atoms with E-state index >= 15 is 0 Å². The molecule has 1 heterocycles. The number of rotatable bonds is 6. The SMILES string of the molecule is OC1CCC/C=C\C[C@@H]2[C@@H](CCCCCc3ccccc3)[C@H](O)C[C@@H]2O1. The van der Waals surface area contributed by atoms with Crippen LogP contribution in [0.2, 0.25) is 0 Å². The molecule has 0 saturated heterocycles. The first kappa shape index (κ1) is 19.6. The number of unbranched alkanes of at least 4 members (excludes halogenated alkanes) is 2. The Morgan fingerprint density at radius 2 is 1.85 bits per heavy atom. The second kappa shape index (κ2) is 10.2. The van der Waals surface area contributed by atoms with Gasteiger partial charge in [0, 0.05) is 6.42 Å². The fraction of sp³-hybridized carbons (Fsp3) is 0.652. The van der Waals surface area contributed by atoms with Crippen LogP contribution in [-0.2, 0) is 11.2 Å². The number of aliphatic hydroxyl groups is 2. The Morgan fingerprint density at radius 1 is 1.00 bits per heavy atom. The molecule has 1 fully saturated rings. The molecule has 1 aliphatic carbocycles. The van der Waals surface area contributed by atoms with Gasteiger partial charge in [0.15, 0.2) is 6.29 Å². The zero-order valence-corrected chi connectivity index (χ0v) is 15.8. The maximum Gasteiger partial charge on any atom is 0.154 e. The number of benzene rings is 1. The summed E-state index contributed by atoms with van der Waals surface area (Å²) in [6.07, 6.45) is 13.6. The molecule has 0 bridgehead atoms. The van der Waals surface area contributed by atoms with Crippen molar-refractivity contribution >= 4 is 0 Å². The van der Waals surface area contributed by atoms with Crippen LogP contribution in [0.4, 0.5) is 0 Å². The van der Waals surface area contributed by atoms with Crippen molar-refractivity contribution in [1.29, 1.82) is 0 Å². The molecule has 3 heteroatoms. The van der Waals surface area contributed by atoms with Gasteiger partial charge < -0.3 is 14.9 Å². The van der Waals surface area contributed by atoms with E-state index in [0.717, 1.165) is 38.5 Å². The molecule has 144 valence electrons. The normalized spacial score (nSPS) is 33.5. The molecule has 0 amide bonds. The zero-order valence-electron chi connectivity index (χ0n) is 15.8. The maximum absolute atomic E-state index is 10.6. The van der Waals surface area contributed by atoms with Gasteiger partial charge in [-0.25, -0.2) is 0 Å². The number of aliphatic hydroxyl groups excluding tert-OH is 2. The molecule has 1 unspecified atom stereocenters. The van der Waals surface area contributed by atoms with Crippen molar-refractivity contribution in [2.45, 2.75) is 82.7 Å². The van der Waals surface area contributed by atoms with E-state index in [1.807, 2.05) is 0 Å². The fourth-order valence-electron chi connectivity index (χ4n) is 4.62. The van der Waals surface area contributed by atoms with E-state index in [1.165, 1.54) is 18.4 Å². The molecule has 5 atom stereocenters. The zero-order chi connectivity index (χ0) is 18.2. The monoisotopic (exact) mass is 358 g/mol. The number of ether oxygens (including phenoxy) is 1. The summed E-state index contributed by atoms with van der Waals surface area (Å²) in [6, 6.07) is 10.7. The van der Waals surface area contributed by atoms with Crippen molar-refractivity contribution in [3.8, 4) is 0 Å². The van der Waals surface area contributed by atoms with E-state index in [4.69, 9.17) is 4.74 Å². The van der Waals surface area contributed by atoms with Gasteiger partial charge in [-0.15, -0.1) is 0 Å². The molecule has 1 aliphatic heterocycles. The number of allylic oxidation sites excluding steroid dienone is 2. The molecule has 3 rings (SSSR count). The Bertz CT molecular complexity index is 542. The van der Waals surface area contributed by atoms with E-state index in [2.05, 4.69) is 42.5 Å². The third kappa shape index (κ3) is 5.67. The summed E-state index contributed by atoms with van der Waals surface area (Å²) in [6.45, 7) is 0. The van der Waals surface area contributed by atoms with Crippen LogP contribution in [0.15, 0.2) is 42.5 Å². The summed E-state index contributed by atoms with van der Waals surface area (Å²) in [4.78, 5) is 0. The topological polar surface area (TPSA) is 49.7 Å². The second-order valence-electron chi connectivity index (χ2n) is 7.98. The van der Waals surface area contributed by atoms with Gasteiger partial charge in [0.1, 0.15) is 0 Å². The van der Waals surface area contributed by atoms with Crippen LogP contribution >= 0.6 is 0 Å². The lowest BCUT2D eigenvalue weighted by Gasteiger charge is -2.27. The molecular formula is C23H34O3. The lowest BCUT2D eigenvalue weighted by Crippen LogP contribution is -2.28. The highest BCUT2D eigenvalue weighted by Crippen LogP contribution is 2.41. The fourth-order valence-corrected chi connectivity index (χ4v) is 4.62. The summed E-state index contributed by atoms with van der Waals surface area (Å²) in [5, 5.41) is 20.7. The molecule has 2 aliphatic rings. The minimum absolute atomic E-state index is 0.00271. The second-order valence-corrected chi connectivity index (χ2v) is 7.98. The van der Waals surface area contributed by atoms with Crippen LogP contribution < -0.4 is 0 Å². The van der Waals surface area contributed by atoms with Gasteiger partial charge in [-0.05, 0) is 62.3 Å². The van der Waals surface area contributed by atoms with Crippen LogP contribution in [0.5, 0.6) is 0 Å². The Balaban J connectivity index is 1.47. The molecule has 3 nitrogen and oxygen atoms in total. The molecular weight excluding hydrogens is 324 g/mol. The number of hydrogen-bond donors (Lipinski definition) is 2. The molecule has 2 N–H and O–H groups in total. The Labute approximate surface area is 158 Å². The van der Waals surface area contributed by atoms with E-state index in [0.29, 0.717) is 24.7 Å². The Morgan fingerprint density at radius 3 is 2.69 bits per heavy atom. The maximum atomic E-state index is 10.6. The smallest absolute Gasteiger partial charge is 0.154 e. The van der Waals surface area contributed by atoms with E-state index < -0.39 is 6.29 Å². The molecule has 0 spiro atoms. The molecule has 0 aromatic heterocycles. The first-order valence-electron chi connectivity index (χ1n) is 10.4. The van der Waals surface area contributed by atoms with Crippen LogP contribution in [0.3, 0.4) is 0 Å². The Kier molecular flexibility index (Phi) is 7.72. The van der Waals surface area contributed by atoms with E-state index in [1.54, 1.807) is 0 Å². The molecule has 26 heavy (non-hydrogen) atoms. The average molecular weight is 359 g/mol. The molecule has 0 radical (unpaired) electrons. The average Bonchev–Trinajstić information content (AvgIpc) is 2.93. The summed E-state index contributed by atoms with van der Waals surface area (Å²) >= 11 is 0. The van der Waals surface area contributed by atoms with Crippen LogP contribution in [0, 0.1) is 11.8 Å². The molecule has 1 aromatic carbocycles. The quantitative estimate of drug-likeness (QED) is 0.576.